The number of alkyl halides is 3. The summed E-state index contributed by atoms with van der Waals surface area (Å²) in [5.74, 6) is 0.139. The highest BCUT2D eigenvalue weighted by atomic mass is 32.2. The Labute approximate surface area is 152 Å². The van der Waals surface area contributed by atoms with E-state index in [-0.39, 0.29) is 45.8 Å². The van der Waals surface area contributed by atoms with Crippen LogP contribution in [0.4, 0.5) is 23.7 Å². The van der Waals surface area contributed by atoms with Gasteiger partial charge in [-0.1, -0.05) is 17.3 Å². The Morgan fingerprint density at radius 2 is 2.19 bits per heavy atom. The molecule has 1 unspecified atom stereocenters. The number of thiophene rings is 1. The van der Waals surface area contributed by atoms with E-state index in [1.165, 1.54) is 0 Å². The Bertz CT molecular complexity index is 1000. The normalized spacial score (nSPS) is 17.5. The van der Waals surface area contributed by atoms with Crippen molar-refractivity contribution < 1.29 is 22.5 Å². The van der Waals surface area contributed by atoms with Crippen LogP contribution in [0.15, 0.2) is 27.6 Å². The summed E-state index contributed by atoms with van der Waals surface area (Å²) in [6.45, 7) is 0.254. The third-order valence-electron chi connectivity index (χ3n) is 3.63. The first-order valence-corrected chi connectivity index (χ1v) is 8.90. The standard InChI is InChI=1S/C14H10F3N5O2S2/c15-14(16,17)26-9-5-2-1-3-6(18)8(5)25-10(9)11-21-12(24-22-11)7-4-19-13(23)20-7/h1-3,7H,4,18H2,(H2,19,20,23). The largest absolute Gasteiger partial charge is 0.446 e. The number of carbonyl (C=O) groups is 1. The predicted octanol–water partition coefficient (Wildman–Crippen LogP) is 3.50. The average molecular weight is 401 g/mol. The predicted molar refractivity (Wildman–Crippen MR) is 90.7 cm³/mol. The van der Waals surface area contributed by atoms with Crippen molar-refractivity contribution in [2.75, 3.05) is 12.3 Å². The summed E-state index contributed by atoms with van der Waals surface area (Å²) in [5, 5.41) is 9.30. The van der Waals surface area contributed by atoms with Crippen molar-refractivity contribution >= 4 is 44.9 Å². The molecule has 2 aromatic heterocycles. The number of halogens is 3. The minimum absolute atomic E-state index is 0.0218. The van der Waals surface area contributed by atoms with Crippen molar-refractivity contribution in [3.8, 4) is 10.7 Å². The number of hydrogen-bond donors (Lipinski definition) is 3. The zero-order chi connectivity index (χ0) is 18.5. The van der Waals surface area contributed by atoms with E-state index in [4.69, 9.17) is 10.3 Å². The molecule has 0 aliphatic carbocycles. The molecular formula is C14H10F3N5O2S2. The lowest BCUT2D eigenvalue weighted by molar-refractivity contribution is -0.0327. The number of nitrogen functional groups attached to an aromatic ring is 1. The monoisotopic (exact) mass is 401 g/mol. The number of urea groups is 1. The fourth-order valence-corrected chi connectivity index (χ4v) is 4.61. The molecule has 26 heavy (non-hydrogen) atoms. The molecule has 1 atom stereocenters. The van der Waals surface area contributed by atoms with Gasteiger partial charge in [0.05, 0.1) is 9.58 Å². The third kappa shape index (κ3) is 3.05. The van der Waals surface area contributed by atoms with Crippen molar-refractivity contribution in [3.05, 3.63) is 24.1 Å². The smallest absolute Gasteiger partial charge is 0.398 e. The Morgan fingerprint density at radius 1 is 1.38 bits per heavy atom. The number of fused-ring (bicyclic) bond motifs is 1. The SMILES string of the molecule is Nc1cccc2c(SC(F)(F)F)c(-c3noc(C4CNC(=O)N4)n3)sc12. The zero-order valence-electron chi connectivity index (χ0n) is 12.8. The molecule has 0 radical (unpaired) electrons. The molecule has 3 aromatic rings. The van der Waals surface area contributed by atoms with Crippen LogP contribution in [0.2, 0.25) is 0 Å². The molecule has 1 aliphatic rings. The summed E-state index contributed by atoms with van der Waals surface area (Å²) in [7, 11) is 0. The van der Waals surface area contributed by atoms with Crippen LogP contribution in [0.3, 0.4) is 0 Å². The van der Waals surface area contributed by atoms with E-state index < -0.39 is 11.6 Å². The van der Waals surface area contributed by atoms with Gasteiger partial charge in [-0.05, 0) is 17.8 Å². The molecule has 4 rings (SSSR count). The maximum Gasteiger partial charge on any atom is 0.446 e. The molecule has 0 saturated carbocycles. The fraction of sp³-hybridized carbons (Fsp3) is 0.214. The van der Waals surface area contributed by atoms with Gasteiger partial charge in [-0.25, -0.2) is 4.79 Å². The molecule has 0 spiro atoms. The summed E-state index contributed by atoms with van der Waals surface area (Å²) in [6.07, 6.45) is 0. The van der Waals surface area contributed by atoms with Crippen molar-refractivity contribution in [1.29, 1.82) is 0 Å². The number of nitrogens with one attached hydrogen (secondary N) is 2. The second-order valence-corrected chi connectivity index (χ2v) is 7.49. The van der Waals surface area contributed by atoms with Gasteiger partial charge < -0.3 is 20.9 Å². The van der Waals surface area contributed by atoms with Crippen molar-refractivity contribution in [3.63, 3.8) is 0 Å². The van der Waals surface area contributed by atoms with Crippen LogP contribution in [0.5, 0.6) is 0 Å². The molecule has 1 aromatic carbocycles. The van der Waals surface area contributed by atoms with Gasteiger partial charge in [0.15, 0.2) is 0 Å². The summed E-state index contributed by atoms with van der Waals surface area (Å²) in [4.78, 5) is 15.6. The number of carbonyl (C=O) groups excluding carboxylic acids is 1. The second-order valence-electron chi connectivity index (χ2n) is 5.40. The topological polar surface area (TPSA) is 106 Å². The van der Waals surface area contributed by atoms with Crippen molar-refractivity contribution in [2.24, 2.45) is 0 Å². The molecule has 7 nitrogen and oxygen atoms in total. The molecule has 4 N–H and O–H groups in total. The van der Waals surface area contributed by atoms with Crippen LogP contribution >= 0.6 is 23.1 Å². The molecule has 136 valence electrons. The van der Waals surface area contributed by atoms with Gasteiger partial charge in [0.1, 0.15) is 6.04 Å². The second kappa shape index (κ2) is 6.06. The van der Waals surface area contributed by atoms with E-state index in [1.54, 1.807) is 18.2 Å². The Balaban J connectivity index is 1.81. The number of rotatable bonds is 3. The highest BCUT2D eigenvalue weighted by Gasteiger charge is 2.34. The van der Waals surface area contributed by atoms with Gasteiger partial charge in [0.25, 0.3) is 5.89 Å². The van der Waals surface area contributed by atoms with Crippen LogP contribution in [0, 0.1) is 0 Å². The number of amides is 2. The minimum Gasteiger partial charge on any atom is -0.398 e. The van der Waals surface area contributed by atoms with E-state index in [9.17, 15) is 18.0 Å². The van der Waals surface area contributed by atoms with Crippen LogP contribution in [-0.4, -0.2) is 28.2 Å². The molecule has 0 bridgehead atoms. The summed E-state index contributed by atoms with van der Waals surface area (Å²) in [6, 6.07) is 3.88. The molecule has 1 aliphatic heterocycles. The maximum atomic E-state index is 13.1. The van der Waals surface area contributed by atoms with Gasteiger partial charge in [-0.3, -0.25) is 0 Å². The van der Waals surface area contributed by atoms with E-state index in [2.05, 4.69) is 20.8 Å². The summed E-state index contributed by atoms with van der Waals surface area (Å²) >= 11 is 0.827. The van der Waals surface area contributed by atoms with Gasteiger partial charge in [0.2, 0.25) is 5.82 Å². The van der Waals surface area contributed by atoms with E-state index in [0.29, 0.717) is 15.8 Å². The number of hydrogen-bond acceptors (Lipinski definition) is 7. The van der Waals surface area contributed by atoms with Crippen LogP contribution in [-0.2, 0) is 0 Å². The number of benzene rings is 1. The molecular weight excluding hydrogens is 391 g/mol. The van der Waals surface area contributed by atoms with Crippen LogP contribution in [0.25, 0.3) is 20.8 Å². The number of nitrogens with zero attached hydrogens (tertiary/aromatic N) is 2. The van der Waals surface area contributed by atoms with E-state index >= 15 is 0 Å². The molecule has 3 heterocycles. The molecule has 1 saturated heterocycles. The van der Waals surface area contributed by atoms with Gasteiger partial charge in [0, 0.05) is 22.5 Å². The summed E-state index contributed by atoms with van der Waals surface area (Å²) in [5.41, 5.74) is 1.79. The van der Waals surface area contributed by atoms with Gasteiger partial charge in [-0.2, -0.15) is 18.2 Å². The fourth-order valence-electron chi connectivity index (χ4n) is 2.56. The molecule has 1 fully saturated rings. The Kier molecular flexibility index (Phi) is 3.95. The number of thioether (sulfide) groups is 1. The number of anilines is 1. The lowest BCUT2D eigenvalue weighted by atomic mass is 10.2. The van der Waals surface area contributed by atoms with Crippen molar-refractivity contribution in [2.45, 2.75) is 16.4 Å². The maximum absolute atomic E-state index is 13.1. The van der Waals surface area contributed by atoms with E-state index in [1.807, 2.05) is 0 Å². The minimum atomic E-state index is -4.48. The first-order chi connectivity index (χ1) is 12.3. The molecule has 12 heteroatoms. The number of nitrogens with two attached hydrogens (primary N) is 1. The van der Waals surface area contributed by atoms with Crippen LogP contribution < -0.4 is 16.4 Å². The highest BCUT2D eigenvalue weighted by Crippen LogP contribution is 2.50. The van der Waals surface area contributed by atoms with E-state index in [0.717, 1.165) is 11.3 Å². The van der Waals surface area contributed by atoms with Crippen molar-refractivity contribution in [1.82, 2.24) is 20.8 Å². The average Bonchev–Trinajstić information content (AvgIpc) is 3.25. The lowest BCUT2D eigenvalue weighted by Crippen LogP contribution is -2.21. The van der Waals surface area contributed by atoms with Gasteiger partial charge >= 0.3 is 11.5 Å². The Morgan fingerprint density at radius 3 is 2.88 bits per heavy atom. The first kappa shape index (κ1) is 17.0. The summed E-state index contributed by atoms with van der Waals surface area (Å²) < 4.78 is 44.8. The lowest BCUT2D eigenvalue weighted by Gasteiger charge is -2.06. The van der Waals surface area contributed by atoms with Gasteiger partial charge in [-0.15, -0.1) is 11.3 Å². The third-order valence-corrected chi connectivity index (χ3v) is 5.87. The molecule has 2 amide bonds. The highest BCUT2D eigenvalue weighted by molar-refractivity contribution is 8.00. The Hall–Kier alpha value is -2.47. The first-order valence-electron chi connectivity index (χ1n) is 7.27. The quantitative estimate of drug-likeness (QED) is 0.458. The number of aromatic nitrogens is 2. The van der Waals surface area contributed by atoms with Crippen LogP contribution in [0.1, 0.15) is 11.9 Å². The zero-order valence-corrected chi connectivity index (χ0v) is 14.4.